The molecule has 0 spiro atoms. The first-order valence-electron chi connectivity index (χ1n) is 6.44. The van der Waals surface area contributed by atoms with Crippen LogP contribution in [0.25, 0.3) is 10.9 Å². The van der Waals surface area contributed by atoms with Crippen molar-refractivity contribution < 1.29 is 0 Å². The third-order valence-electron chi connectivity index (χ3n) is 4.74. The lowest BCUT2D eigenvalue weighted by atomic mass is 9.95. The van der Waals surface area contributed by atoms with Gasteiger partial charge in [-0.1, -0.05) is 18.6 Å². The lowest BCUT2D eigenvalue weighted by molar-refractivity contribution is 0.527. The van der Waals surface area contributed by atoms with Gasteiger partial charge < -0.3 is 5.73 Å². The quantitative estimate of drug-likeness (QED) is 0.809. The van der Waals surface area contributed by atoms with Crippen LogP contribution in [0.2, 0.25) is 0 Å². The number of hydrogen-bond donors (Lipinski definition) is 1. The zero-order chi connectivity index (χ0) is 11.5. The van der Waals surface area contributed by atoms with Crippen molar-refractivity contribution in [3.8, 4) is 0 Å². The summed E-state index contributed by atoms with van der Waals surface area (Å²) < 4.78 is 0. The summed E-state index contributed by atoms with van der Waals surface area (Å²) >= 11 is 0. The van der Waals surface area contributed by atoms with Gasteiger partial charge in [0.1, 0.15) is 0 Å². The molecule has 0 amide bonds. The van der Waals surface area contributed by atoms with E-state index >= 15 is 0 Å². The number of hydrogen-bond acceptors (Lipinski definition) is 2. The Labute approximate surface area is 101 Å². The van der Waals surface area contributed by atoms with Gasteiger partial charge in [-0.3, -0.25) is 4.98 Å². The maximum atomic E-state index is 6.59. The van der Waals surface area contributed by atoms with Gasteiger partial charge in [-0.05, 0) is 48.4 Å². The highest BCUT2D eigenvalue weighted by Gasteiger charge is 2.64. The number of nitrogens with two attached hydrogens (primary N) is 1. The lowest BCUT2D eigenvalue weighted by Gasteiger charge is -2.16. The first-order valence-corrected chi connectivity index (χ1v) is 6.44. The van der Waals surface area contributed by atoms with Crippen molar-refractivity contribution in [2.75, 3.05) is 0 Å². The van der Waals surface area contributed by atoms with Crippen LogP contribution >= 0.6 is 0 Å². The molecule has 2 aliphatic carbocycles. The molecule has 2 N–H and O–H groups in total. The Kier molecular flexibility index (Phi) is 1.74. The van der Waals surface area contributed by atoms with Crippen LogP contribution in [0, 0.1) is 11.8 Å². The van der Waals surface area contributed by atoms with Gasteiger partial charge in [0.25, 0.3) is 0 Å². The fourth-order valence-corrected chi connectivity index (χ4v) is 3.77. The van der Waals surface area contributed by atoms with Gasteiger partial charge >= 0.3 is 0 Å². The lowest BCUT2D eigenvalue weighted by Crippen LogP contribution is -2.25. The van der Waals surface area contributed by atoms with Crippen molar-refractivity contribution in [3.05, 3.63) is 42.1 Å². The van der Waals surface area contributed by atoms with Crippen molar-refractivity contribution in [3.63, 3.8) is 0 Å². The average molecular weight is 224 g/mol. The van der Waals surface area contributed by atoms with Gasteiger partial charge in [-0.15, -0.1) is 0 Å². The topological polar surface area (TPSA) is 38.9 Å². The molecule has 17 heavy (non-hydrogen) atoms. The Bertz CT molecular complexity index is 580. The summed E-state index contributed by atoms with van der Waals surface area (Å²) in [7, 11) is 0. The molecule has 0 aliphatic heterocycles. The molecule has 86 valence electrons. The number of aromatic nitrogens is 1. The van der Waals surface area contributed by atoms with Crippen LogP contribution in [0.4, 0.5) is 0 Å². The minimum atomic E-state index is -0.0255. The molecule has 2 aromatic rings. The van der Waals surface area contributed by atoms with E-state index in [0.717, 1.165) is 17.4 Å². The molecule has 2 fully saturated rings. The molecule has 0 bridgehead atoms. The smallest absolute Gasteiger partial charge is 0.0702 e. The summed E-state index contributed by atoms with van der Waals surface area (Å²) in [6.45, 7) is 0. The first kappa shape index (κ1) is 9.60. The molecule has 2 unspecified atom stereocenters. The van der Waals surface area contributed by atoms with Gasteiger partial charge in [-0.2, -0.15) is 0 Å². The summed E-state index contributed by atoms with van der Waals surface area (Å²) in [5, 5.41) is 1.21. The van der Waals surface area contributed by atoms with Crippen molar-refractivity contribution in [2.45, 2.75) is 24.8 Å². The van der Waals surface area contributed by atoms with E-state index in [-0.39, 0.29) is 5.54 Å². The van der Waals surface area contributed by atoms with Crippen molar-refractivity contribution in [2.24, 2.45) is 17.6 Å². The van der Waals surface area contributed by atoms with Gasteiger partial charge in [0.05, 0.1) is 5.52 Å². The van der Waals surface area contributed by atoms with E-state index in [9.17, 15) is 0 Å². The second-order valence-electron chi connectivity index (χ2n) is 5.49. The van der Waals surface area contributed by atoms with E-state index in [1.54, 1.807) is 0 Å². The zero-order valence-corrected chi connectivity index (χ0v) is 9.76. The molecule has 1 aromatic heterocycles. The monoisotopic (exact) mass is 224 g/mol. The van der Waals surface area contributed by atoms with Gasteiger partial charge in [-0.25, -0.2) is 0 Å². The molecule has 2 nitrogen and oxygen atoms in total. The summed E-state index contributed by atoms with van der Waals surface area (Å²) in [6.07, 6.45) is 5.83. The minimum absolute atomic E-state index is 0.0255. The van der Waals surface area contributed by atoms with E-state index in [2.05, 4.69) is 29.2 Å². The average Bonchev–Trinajstić information content (AvgIpc) is 2.79. The SMILES string of the molecule is NC1(c2ccc3ncccc3c2)C2CCCC21. The van der Waals surface area contributed by atoms with Crippen LogP contribution in [0.3, 0.4) is 0 Å². The van der Waals surface area contributed by atoms with Gasteiger partial charge in [0, 0.05) is 17.1 Å². The van der Waals surface area contributed by atoms with E-state index in [1.165, 1.54) is 30.2 Å². The zero-order valence-electron chi connectivity index (χ0n) is 9.76. The van der Waals surface area contributed by atoms with Crippen LogP contribution in [-0.2, 0) is 5.54 Å². The number of pyridine rings is 1. The predicted molar refractivity (Wildman–Crippen MR) is 68.4 cm³/mol. The van der Waals surface area contributed by atoms with Crippen LogP contribution in [-0.4, -0.2) is 4.98 Å². The van der Waals surface area contributed by atoms with E-state index < -0.39 is 0 Å². The summed E-state index contributed by atoms with van der Waals surface area (Å²) in [6, 6.07) is 10.6. The molecule has 0 saturated heterocycles. The Morgan fingerprint density at radius 1 is 1.18 bits per heavy atom. The molecule has 0 radical (unpaired) electrons. The van der Waals surface area contributed by atoms with Crippen LogP contribution < -0.4 is 5.73 Å². The molecule has 2 saturated carbocycles. The molecular weight excluding hydrogens is 208 g/mol. The normalized spacial score (nSPS) is 34.9. The highest BCUT2D eigenvalue weighted by Crippen LogP contribution is 2.64. The largest absolute Gasteiger partial charge is 0.321 e. The maximum Gasteiger partial charge on any atom is 0.0702 e. The molecule has 2 heteroatoms. The molecule has 2 atom stereocenters. The summed E-state index contributed by atoms with van der Waals surface area (Å²) in [5.74, 6) is 1.47. The number of nitrogens with zero attached hydrogens (tertiary/aromatic N) is 1. The molecular formula is C15H16N2. The Hall–Kier alpha value is -1.41. The van der Waals surface area contributed by atoms with Crippen LogP contribution in [0.5, 0.6) is 0 Å². The fourth-order valence-electron chi connectivity index (χ4n) is 3.77. The summed E-state index contributed by atoms with van der Waals surface area (Å²) in [4.78, 5) is 4.36. The van der Waals surface area contributed by atoms with Gasteiger partial charge in [0.2, 0.25) is 0 Å². The number of rotatable bonds is 1. The predicted octanol–water partition coefficient (Wildman–Crippen LogP) is 2.82. The summed E-state index contributed by atoms with van der Waals surface area (Å²) in [5.41, 5.74) is 8.94. The van der Waals surface area contributed by atoms with Gasteiger partial charge in [0.15, 0.2) is 0 Å². The van der Waals surface area contributed by atoms with Crippen molar-refractivity contribution in [1.82, 2.24) is 4.98 Å². The van der Waals surface area contributed by atoms with Crippen LogP contribution in [0.15, 0.2) is 36.5 Å². The Morgan fingerprint density at radius 2 is 2.00 bits per heavy atom. The Morgan fingerprint density at radius 3 is 2.82 bits per heavy atom. The first-order chi connectivity index (χ1) is 8.30. The highest BCUT2D eigenvalue weighted by atomic mass is 14.9. The van der Waals surface area contributed by atoms with E-state index in [1.807, 2.05) is 12.3 Å². The molecule has 2 aliphatic rings. The molecule has 4 rings (SSSR count). The highest BCUT2D eigenvalue weighted by molar-refractivity contribution is 5.79. The van der Waals surface area contributed by atoms with E-state index in [0.29, 0.717) is 0 Å². The second-order valence-corrected chi connectivity index (χ2v) is 5.49. The number of fused-ring (bicyclic) bond motifs is 2. The van der Waals surface area contributed by atoms with Crippen molar-refractivity contribution in [1.29, 1.82) is 0 Å². The van der Waals surface area contributed by atoms with E-state index in [4.69, 9.17) is 5.73 Å². The standard InChI is InChI=1S/C15H16N2/c16-15(12-4-1-5-13(12)15)11-6-7-14-10(9-11)3-2-8-17-14/h2-3,6-9,12-13H,1,4-5,16H2. The van der Waals surface area contributed by atoms with Crippen LogP contribution in [0.1, 0.15) is 24.8 Å². The Balaban J connectivity index is 1.82. The number of benzene rings is 1. The minimum Gasteiger partial charge on any atom is -0.321 e. The molecule has 1 heterocycles. The maximum absolute atomic E-state index is 6.59. The molecule has 1 aromatic carbocycles. The van der Waals surface area contributed by atoms with Crippen molar-refractivity contribution >= 4 is 10.9 Å². The third-order valence-corrected chi connectivity index (χ3v) is 4.74. The second kappa shape index (κ2) is 3.08. The third kappa shape index (κ3) is 1.16. The fraction of sp³-hybridized carbons (Fsp3) is 0.400.